The third-order valence-electron chi connectivity index (χ3n) is 5.11. The maximum atomic E-state index is 14.1. The van der Waals surface area contributed by atoms with Gasteiger partial charge in [0.15, 0.2) is 0 Å². The largest absolute Gasteiger partial charge is 0.365 e. The third-order valence-corrected chi connectivity index (χ3v) is 7.36. The molecule has 0 N–H and O–H groups in total. The molecule has 11 heteroatoms. The zero-order valence-corrected chi connectivity index (χ0v) is 18.2. The maximum absolute atomic E-state index is 14.1. The molecule has 0 aliphatic carbocycles. The molecule has 0 atom stereocenters. The number of anilines is 1. The van der Waals surface area contributed by atoms with Gasteiger partial charge in [-0.3, -0.25) is 10.1 Å². The Labute approximate surface area is 179 Å². The molecule has 1 aliphatic rings. The molecule has 3 rings (SSSR count). The van der Waals surface area contributed by atoms with E-state index in [1.807, 2.05) is 11.9 Å². The van der Waals surface area contributed by atoms with Crippen molar-refractivity contribution in [3.63, 3.8) is 0 Å². The van der Waals surface area contributed by atoms with Gasteiger partial charge in [0.25, 0.3) is 5.69 Å². The van der Waals surface area contributed by atoms with Crippen molar-refractivity contribution in [2.45, 2.75) is 11.4 Å². The fourth-order valence-electron chi connectivity index (χ4n) is 3.32. The first-order valence-corrected chi connectivity index (χ1v) is 11.0. The number of rotatable bonds is 6. The molecule has 0 unspecified atom stereocenters. The smallest absolute Gasteiger partial charge is 0.293 e. The van der Waals surface area contributed by atoms with Crippen molar-refractivity contribution in [3.05, 3.63) is 62.9 Å². The van der Waals surface area contributed by atoms with Crippen LogP contribution in [0.15, 0.2) is 41.3 Å². The van der Waals surface area contributed by atoms with Crippen LogP contribution in [0.1, 0.15) is 5.56 Å². The predicted octanol–water partition coefficient (Wildman–Crippen LogP) is 2.96. The standard InChI is InChI=1S/C19H22ClFN4O4S/c1-22-8-10-24(11-9-22)30(28,29)14-6-7-18(19(12-14)25(26)27)23(2)13-15-16(20)4-3-5-17(15)21/h3-7,12H,8-11,13H2,1-2H3. The Balaban J connectivity index is 1.93. The first kappa shape index (κ1) is 22.4. The average molecular weight is 457 g/mol. The van der Waals surface area contributed by atoms with E-state index in [1.54, 1.807) is 7.05 Å². The first-order chi connectivity index (χ1) is 14.1. The number of likely N-dealkylation sites (N-methyl/N-ethyl adjacent to an activating group) is 1. The second kappa shape index (κ2) is 8.84. The minimum Gasteiger partial charge on any atom is -0.365 e. The molecule has 1 aliphatic heterocycles. The molecular weight excluding hydrogens is 435 g/mol. The van der Waals surface area contributed by atoms with E-state index in [9.17, 15) is 22.9 Å². The topological polar surface area (TPSA) is 87.0 Å². The normalized spacial score (nSPS) is 15.9. The zero-order chi connectivity index (χ0) is 22.1. The minimum absolute atomic E-state index is 0.0170. The summed E-state index contributed by atoms with van der Waals surface area (Å²) in [7, 11) is -0.394. The summed E-state index contributed by atoms with van der Waals surface area (Å²) in [6, 6.07) is 8.04. The van der Waals surface area contributed by atoms with Crippen LogP contribution in [0.4, 0.5) is 15.8 Å². The zero-order valence-electron chi connectivity index (χ0n) is 16.6. The molecule has 30 heavy (non-hydrogen) atoms. The molecule has 162 valence electrons. The molecule has 0 radical (unpaired) electrons. The lowest BCUT2D eigenvalue weighted by Crippen LogP contribution is -2.47. The van der Waals surface area contributed by atoms with Crippen molar-refractivity contribution in [2.24, 2.45) is 0 Å². The van der Waals surface area contributed by atoms with Crippen LogP contribution in [0, 0.1) is 15.9 Å². The van der Waals surface area contributed by atoms with Crippen LogP contribution in [0.2, 0.25) is 5.02 Å². The van der Waals surface area contributed by atoms with Crippen molar-refractivity contribution in [2.75, 3.05) is 45.2 Å². The highest BCUT2D eigenvalue weighted by molar-refractivity contribution is 7.89. The number of nitrogens with zero attached hydrogens (tertiary/aromatic N) is 4. The van der Waals surface area contributed by atoms with Gasteiger partial charge in [0.05, 0.1) is 9.82 Å². The molecule has 1 fully saturated rings. The Morgan fingerprint density at radius 3 is 2.47 bits per heavy atom. The molecule has 0 amide bonds. The van der Waals surface area contributed by atoms with Gasteiger partial charge < -0.3 is 9.80 Å². The predicted molar refractivity (Wildman–Crippen MR) is 113 cm³/mol. The molecule has 8 nitrogen and oxygen atoms in total. The Kier molecular flexibility index (Phi) is 6.61. The Morgan fingerprint density at radius 1 is 1.20 bits per heavy atom. The monoisotopic (exact) mass is 456 g/mol. The Hall–Kier alpha value is -2.27. The van der Waals surface area contributed by atoms with Crippen LogP contribution in [0.3, 0.4) is 0 Å². The fourth-order valence-corrected chi connectivity index (χ4v) is 4.98. The number of hydrogen-bond acceptors (Lipinski definition) is 6. The van der Waals surface area contributed by atoms with Crippen molar-refractivity contribution >= 4 is 33.0 Å². The van der Waals surface area contributed by atoms with Gasteiger partial charge in [0.2, 0.25) is 10.0 Å². The van der Waals surface area contributed by atoms with Crippen molar-refractivity contribution in [1.82, 2.24) is 9.21 Å². The van der Waals surface area contributed by atoms with Gasteiger partial charge in [-0.1, -0.05) is 17.7 Å². The summed E-state index contributed by atoms with van der Waals surface area (Å²) in [5, 5.41) is 11.9. The van der Waals surface area contributed by atoms with E-state index in [-0.39, 0.29) is 33.4 Å². The van der Waals surface area contributed by atoms with Crippen LogP contribution in [0.25, 0.3) is 0 Å². The van der Waals surface area contributed by atoms with Crippen molar-refractivity contribution < 1.29 is 17.7 Å². The molecule has 1 saturated heterocycles. The summed E-state index contributed by atoms with van der Waals surface area (Å²) >= 11 is 6.06. The molecule has 2 aromatic carbocycles. The van der Waals surface area contributed by atoms with Crippen LogP contribution in [-0.4, -0.2) is 62.8 Å². The van der Waals surface area contributed by atoms with Crippen LogP contribution in [-0.2, 0) is 16.6 Å². The van der Waals surface area contributed by atoms with Gasteiger partial charge in [-0.05, 0) is 31.3 Å². The summed E-state index contributed by atoms with van der Waals surface area (Å²) < 4.78 is 41.3. The second-order valence-electron chi connectivity index (χ2n) is 7.17. The molecule has 0 spiro atoms. The Morgan fingerprint density at radius 2 is 1.87 bits per heavy atom. The van der Waals surface area contributed by atoms with Crippen molar-refractivity contribution in [3.8, 4) is 0 Å². The van der Waals surface area contributed by atoms with E-state index in [0.717, 1.165) is 6.07 Å². The molecule has 0 aromatic heterocycles. The van der Waals surface area contributed by atoms with E-state index in [2.05, 4.69) is 0 Å². The number of benzene rings is 2. The van der Waals surface area contributed by atoms with Crippen LogP contribution in [0.5, 0.6) is 0 Å². The highest BCUT2D eigenvalue weighted by atomic mass is 35.5. The van der Waals surface area contributed by atoms with E-state index < -0.39 is 20.8 Å². The number of nitro groups is 1. The van der Waals surface area contributed by atoms with Gasteiger partial charge in [0.1, 0.15) is 11.5 Å². The summed E-state index contributed by atoms with van der Waals surface area (Å²) in [4.78, 5) is 14.4. The summed E-state index contributed by atoms with van der Waals surface area (Å²) in [6.45, 7) is 1.80. The van der Waals surface area contributed by atoms with Crippen LogP contribution >= 0.6 is 11.6 Å². The van der Waals surface area contributed by atoms with Gasteiger partial charge in [-0.2, -0.15) is 4.31 Å². The van der Waals surface area contributed by atoms with E-state index >= 15 is 0 Å². The molecular formula is C19H22ClFN4O4S. The van der Waals surface area contributed by atoms with E-state index in [0.29, 0.717) is 26.2 Å². The second-order valence-corrected chi connectivity index (χ2v) is 9.52. The first-order valence-electron chi connectivity index (χ1n) is 9.22. The molecule has 0 bridgehead atoms. The number of hydrogen-bond donors (Lipinski definition) is 0. The summed E-state index contributed by atoms with van der Waals surface area (Å²) in [5.74, 6) is -0.522. The van der Waals surface area contributed by atoms with Gasteiger partial charge >= 0.3 is 0 Å². The fraction of sp³-hybridized carbons (Fsp3) is 0.368. The number of halogens is 2. The lowest BCUT2D eigenvalue weighted by Gasteiger charge is -2.31. The highest BCUT2D eigenvalue weighted by Gasteiger charge is 2.30. The van der Waals surface area contributed by atoms with Gasteiger partial charge in [-0.15, -0.1) is 0 Å². The van der Waals surface area contributed by atoms with E-state index in [4.69, 9.17) is 11.6 Å². The molecule has 0 saturated carbocycles. The lowest BCUT2D eigenvalue weighted by atomic mass is 10.1. The highest BCUT2D eigenvalue weighted by Crippen LogP contribution is 2.33. The average Bonchev–Trinajstić information content (AvgIpc) is 2.70. The molecule has 2 aromatic rings. The summed E-state index contributed by atoms with van der Waals surface area (Å²) in [5.41, 5.74) is -0.0121. The Bertz CT molecular complexity index is 1040. The van der Waals surface area contributed by atoms with Gasteiger partial charge in [-0.25, -0.2) is 12.8 Å². The lowest BCUT2D eigenvalue weighted by molar-refractivity contribution is -0.384. The summed E-state index contributed by atoms with van der Waals surface area (Å²) in [6.07, 6.45) is 0. The quantitative estimate of drug-likeness (QED) is 0.490. The minimum atomic E-state index is -3.85. The number of sulfonamides is 1. The molecule has 1 heterocycles. The SMILES string of the molecule is CN1CCN(S(=O)(=O)c2ccc(N(C)Cc3c(F)cccc3Cl)c([N+](=O)[O-])c2)CC1. The van der Waals surface area contributed by atoms with Crippen LogP contribution < -0.4 is 4.90 Å². The number of piperazine rings is 1. The maximum Gasteiger partial charge on any atom is 0.293 e. The van der Waals surface area contributed by atoms with Crippen molar-refractivity contribution in [1.29, 1.82) is 0 Å². The van der Waals surface area contributed by atoms with Gasteiger partial charge in [0, 0.05) is 56.4 Å². The third kappa shape index (κ3) is 4.56. The van der Waals surface area contributed by atoms with E-state index in [1.165, 1.54) is 39.5 Å². The number of nitro benzene ring substituents is 1.